The highest BCUT2D eigenvalue weighted by molar-refractivity contribution is 6.30. The number of hydrogen-bond acceptors (Lipinski definition) is 4. The molecule has 2 aromatic rings. The second-order valence-electron chi connectivity index (χ2n) is 7.12. The van der Waals surface area contributed by atoms with Crippen LogP contribution in [0.4, 0.5) is 0 Å². The third-order valence-electron chi connectivity index (χ3n) is 3.90. The molecule has 1 heterocycles. The van der Waals surface area contributed by atoms with Crippen molar-refractivity contribution < 1.29 is 14.3 Å². The first-order valence-electron chi connectivity index (χ1n) is 8.81. The highest BCUT2D eigenvalue weighted by atomic mass is 35.5. The second kappa shape index (κ2) is 9.58. The lowest BCUT2D eigenvalue weighted by atomic mass is 9.98. The van der Waals surface area contributed by atoms with Gasteiger partial charge in [-0.3, -0.25) is 4.79 Å². The zero-order chi connectivity index (χ0) is 19.9. The summed E-state index contributed by atoms with van der Waals surface area (Å²) in [5.74, 6) is 0.850. The maximum atomic E-state index is 9.60. The third kappa shape index (κ3) is 6.12. The van der Waals surface area contributed by atoms with E-state index >= 15 is 0 Å². The van der Waals surface area contributed by atoms with E-state index in [1.807, 2.05) is 39.0 Å². The summed E-state index contributed by atoms with van der Waals surface area (Å²) >= 11 is 6.15. The van der Waals surface area contributed by atoms with E-state index in [9.17, 15) is 4.79 Å². The Labute approximate surface area is 166 Å². The van der Waals surface area contributed by atoms with Gasteiger partial charge in [0.1, 0.15) is 18.0 Å². The lowest BCUT2D eigenvalue weighted by Crippen LogP contribution is -2.17. The van der Waals surface area contributed by atoms with Crippen molar-refractivity contribution in [1.82, 2.24) is 5.32 Å². The monoisotopic (exact) mass is 387 g/mol. The van der Waals surface area contributed by atoms with Crippen LogP contribution in [0.5, 0.6) is 5.75 Å². The predicted octanol–water partition coefficient (Wildman–Crippen LogP) is 5.06. The van der Waals surface area contributed by atoms with Crippen molar-refractivity contribution in [3.8, 4) is 5.75 Å². The first-order valence-corrected chi connectivity index (χ1v) is 9.19. The summed E-state index contributed by atoms with van der Waals surface area (Å²) in [6.45, 7) is 11.0. The summed E-state index contributed by atoms with van der Waals surface area (Å²) in [7, 11) is 0. The molecule has 0 radical (unpaired) electrons. The minimum atomic E-state index is -0.318. The molecule has 3 rings (SSSR count). The van der Waals surface area contributed by atoms with Crippen molar-refractivity contribution in [2.24, 2.45) is 0 Å². The first-order chi connectivity index (χ1) is 12.9. The summed E-state index contributed by atoms with van der Waals surface area (Å²) in [6, 6.07) is 14.3. The van der Waals surface area contributed by atoms with Gasteiger partial charge in [0.15, 0.2) is 0 Å². The molecule has 0 saturated carbocycles. The summed E-state index contributed by atoms with van der Waals surface area (Å²) < 4.78 is 10.3. The summed E-state index contributed by atoms with van der Waals surface area (Å²) in [4.78, 5) is 9.60. The Hall–Kier alpha value is -2.30. The van der Waals surface area contributed by atoms with Crippen LogP contribution in [0.25, 0.3) is 0 Å². The van der Waals surface area contributed by atoms with E-state index in [0.29, 0.717) is 13.1 Å². The molecule has 4 nitrogen and oxygen atoms in total. The molecule has 144 valence electrons. The molecule has 0 spiro atoms. The molecule has 0 aliphatic carbocycles. The highest BCUT2D eigenvalue weighted by Crippen LogP contribution is 2.37. The van der Waals surface area contributed by atoms with E-state index in [4.69, 9.17) is 16.3 Å². The van der Waals surface area contributed by atoms with E-state index in [2.05, 4.69) is 40.9 Å². The van der Waals surface area contributed by atoms with Gasteiger partial charge in [-0.25, -0.2) is 0 Å². The van der Waals surface area contributed by atoms with E-state index in [1.54, 1.807) is 6.08 Å². The summed E-state index contributed by atoms with van der Waals surface area (Å²) in [5, 5.41) is 4.24. The van der Waals surface area contributed by atoms with Gasteiger partial charge < -0.3 is 14.8 Å². The van der Waals surface area contributed by atoms with Crippen LogP contribution >= 0.6 is 11.6 Å². The molecule has 1 aliphatic rings. The average Bonchev–Trinajstić information content (AvgIpc) is 3.04. The minimum absolute atomic E-state index is 0.129. The van der Waals surface area contributed by atoms with Crippen molar-refractivity contribution in [2.45, 2.75) is 39.0 Å². The lowest BCUT2D eigenvalue weighted by molar-refractivity contribution is -0.138. The standard InChI is InChI=1S/C17H16ClNO.C5H10O2/c1-2-9-20-16-8-7-13(18)10-15(16)17-14-6-4-3-5-12(14)11-19-17;1-5(2,3)7-4-6/h2-8,10,17,19H,1,9,11H2;4H,1-3H3. The Morgan fingerprint density at radius 2 is 1.96 bits per heavy atom. The number of carbonyl (C=O) groups is 1. The van der Waals surface area contributed by atoms with Gasteiger partial charge in [0.05, 0.1) is 6.04 Å². The fraction of sp³-hybridized carbons (Fsp3) is 0.318. The molecule has 2 aromatic carbocycles. The van der Waals surface area contributed by atoms with E-state index in [-0.39, 0.29) is 11.6 Å². The molecule has 0 saturated heterocycles. The molecule has 27 heavy (non-hydrogen) atoms. The van der Waals surface area contributed by atoms with E-state index in [0.717, 1.165) is 22.9 Å². The Kier molecular flexibility index (Phi) is 7.45. The molecule has 5 heteroatoms. The maximum absolute atomic E-state index is 9.60. The topological polar surface area (TPSA) is 47.6 Å². The van der Waals surface area contributed by atoms with Gasteiger partial charge in [0, 0.05) is 17.1 Å². The smallest absolute Gasteiger partial charge is 0.293 e. The molecule has 0 amide bonds. The van der Waals surface area contributed by atoms with Gasteiger partial charge in [-0.15, -0.1) is 0 Å². The number of benzene rings is 2. The van der Waals surface area contributed by atoms with Crippen molar-refractivity contribution in [2.75, 3.05) is 6.61 Å². The molecule has 1 N–H and O–H groups in total. The van der Waals surface area contributed by atoms with Gasteiger partial charge in [-0.2, -0.15) is 0 Å². The lowest BCUT2D eigenvalue weighted by Gasteiger charge is -2.17. The maximum Gasteiger partial charge on any atom is 0.293 e. The van der Waals surface area contributed by atoms with Crippen LogP contribution in [0.15, 0.2) is 55.1 Å². The Bertz CT molecular complexity index is 783. The summed E-state index contributed by atoms with van der Waals surface area (Å²) in [6.07, 6.45) is 1.74. The number of ether oxygens (including phenoxy) is 2. The van der Waals surface area contributed by atoms with Gasteiger partial charge in [0.2, 0.25) is 0 Å². The zero-order valence-corrected chi connectivity index (χ0v) is 16.8. The first kappa shape index (κ1) is 21.0. The average molecular weight is 388 g/mol. The molecule has 1 atom stereocenters. The van der Waals surface area contributed by atoms with Crippen LogP contribution in [0.2, 0.25) is 5.02 Å². The molecule has 1 aliphatic heterocycles. The normalized spacial score (nSPS) is 15.2. The van der Waals surface area contributed by atoms with Crippen molar-refractivity contribution in [1.29, 1.82) is 0 Å². The van der Waals surface area contributed by atoms with Gasteiger partial charge in [0.25, 0.3) is 6.47 Å². The Morgan fingerprint density at radius 3 is 2.59 bits per heavy atom. The van der Waals surface area contributed by atoms with Crippen LogP contribution in [0, 0.1) is 0 Å². The van der Waals surface area contributed by atoms with Crippen molar-refractivity contribution in [3.05, 3.63) is 76.8 Å². The number of halogens is 1. The molecule has 0 fully saturated rings. The van der Waals surface area contributed by atoms with Crippen molar-refractivity contribution in [3.63, 3.8) is 0 Å². The number of hydrogen-bond donors (Lipinski definition) is 1. The minimum Gasteiger partial charge on any atom is -0.489 e. The fourth-order valence-electron chi connectivity index (χ4n) is 2.75. The third-order valence-corrected chi connectivity index (χ3v) is 4.14. The zero-order valence-electron chi connectivity index (χ0n) is 16.0. The predicted molar refractivity (Wildman–Crippen MR) is 109 cm³/mol. The molecular weight excluding hydrogens is 362 g/mol. The van der Waals surface area contributed by atoms with Crippen LogP contribution in [0.3, 0.4) is 0 Å². The summed E-state index contributed by atoms with van der Waals surface area (Å²) in [5.41, 5.74) is 3.37. The fourth-order valence-corrected chi connectivity index (χ4v) is 2.93. The van der Waals surface area contributed by atoms with Crippen LogP contribution in [-0.2, 0) is 16.1 Å². The molecule has 1 unspecified atom stereocenters. The Balaban J connectivity index is 0.000000321. The van der Waals surface area contributed by atoms with Crippen LogP contribution < -0.4 is 10.1 Å². The molecule has 0 bridgehead atoms. The van der Waals surface area contributed by atoms with E-state index < -0.39 is 0 Å². The number of nitrogens with one attached hydrogen (secondary N) is 1. The SMILES string of the molecule is C=CCOc1ccc(Cl)cc1C1NCc2ccccc21.CC(C)(C)OC=O. The highest BCUT2D eigenvalue weighted by Gasteiger charge is 2.25. The molecular formula is C22H26ClNO3. The quantitative estimate of drug-likeness (QED) is 0.575. The largest absolute Gasteiger partial charge is 0.489 e. The number of carbonyl (C=O) groups excluding carboxylic acids is 1. The Morgan fingerprint density at radius 1 is 1.22 bits per heavy atom. The molecule has 0 aromatic heterocycles. The van der Waals surface area contributed by atoms with Crippen LogP contribution in [0.1, 0.15) is 43.5 Å². The van der Waals surface area contributed by atoms with Gasteiger partial charge in [-0.1, -0.05) is 48.5 Å². The van der Waals surface area contributed by atoms with E-state index in [1.165, 1.54) is 11.1 Å². The number of fused-ring (bicyclic) bond motifs is 1. The van der Waals surface area contributed by atoms with Crippen LogP contribution in [-0.4, -0.2) is 18.7 Å². The van der Waals surface area contributed by atoms with Crippen molar-refractivity contribution >= 4 is 18.1 Å². The second-order valence-corrected chi connectivity index (χ2v) is 7.56. The van der Waals surface area contributed by atoms with Gasteiger partial charge in [-0.05, 0) is 50.1 Å². The number of rotatable bonds is 5. The van der Waals surface area contributed by atoms with Gasteiger partial charge >= 0.3 is 0 Å².